The Bertz CT molecular complexity index is 1590. The highest BCUT2D eigenvalue weighted by atomic mass is 35.5. The third-order valence-corrected chi connectivity index (χ3v) is 7.96. The molecule has 2 heterocycles. The van der Waals surface area contributed by atoms with Gasteiger partial charge in [-0.15, -0.1) is 0 Å². The third kappa shape index (κ3) is 5.89. The molecule has 1 fully saturated rings. The van der Waals surface area contributed by atoms with Crippen LogP contribution in [0.25, 0.3) is 0 Å². The quantitative estimate of drug-likeness (QED) is 0.296. The molecule has 0 saturated carbocycles. The zero-order valence-electron chi connectivity index (χ0n) is 23.3. The molecule has 4 rings (SSSR count). The Morgan fingerprint density at radius 3 is 2.43 bits per heavy atom. The van der Waals surface area contributed by atoms with E-state index in [2.05, 4.69) is 21.1 Å². The summed E-state index contributed by atoms with van der Waals surface area (Å²) >= 11 is 12.1. The normalized spacial score (nSPS) is 22.0. The van der Waals surface area contributed by atoms with Crippen LogP contribution in [0.1, 0.15) is 60.3 Å². The van der Waals surface area contributed by atoms with Gasteiger partial charge in [0, 0.05) is 24.6 Å². The van der Waals surface area contributed by atoms with Crippen LogP contribution in [-0.2, 0) is 21.4 Å². The minimum Gasteiger partial charge on any atom is -0.465 e. The van der Waals surface area contributed by atoms with Gasteiger partial charge in [0.1, 0.15) is 22.9 Å². The number of Topliss-reactive ketones (excluding diaryl/α,β-unsaturated/α-hetero) is 1. The maximum Gasteiger partial charge on any atom is 0.337 e. The topological polar surface area (TPSA) is 92.1 Å². The first kappa shape index (κ1) is 31.5. The molecular formula is C31H28Cl2F3N3O3. The van der Waals surface area contributed by atoms with E-state index >= 15 is 13.2 Å². The Hall–Kier alpha value is -3.45. The van der Waals surface area contributed by atoms with Gasteiger partial charge < -0.3 is 10.1 Å². The summed E-state index contributed by atoms with van der Waals surface area (Å²) in [7, 11) is 1.16. The number of benzene rings is 2. The molecule has 1 aliphatic rings. The van der Waals surface area contributed by atoms with Crippen molar-refractivity contribution in [2.75, 3.05) is 7.11 Å². The molecule has 0 spiro atoms. The number of nitrogens with zero attached hydrogens (tertiary/aromatic N) is 2. The van der Waals surface area contributed by atoms with E-state index in [1.165, 1.54) is 36.5 Å². The minimum atomic E-state index is -1.90. The number of aromatic nitrogens is 1. The lowest BCUT2D eigenvalue weighted by atomic mass is 9.64. The fraction of sp³-hybridized carbons (Fsp3) is 0.355. The van der Waals surface area contributed by atoms with E-state index in [-0.39, 0.29) is 38.9 Å². The number of carbonyl (C=O) groups excluding carboxylic acids is 2. The van der Waals surface area contributed by atoms with Gasteiger partial charge in [0.05, 0.1) is 40.5 Å². The maximum atomic E-state index is 15.7. The predicted octanol–water partition coefficient (Wildman–Crippen LogP) is 6.73. The summed E-state index contributed by atoms with van der Waals surface area (Å²) in [5.74, 6) is -5.24. The molecule has 3 aromatic rings. The van der Waals surface area contributed by atoms with Crippen LogP contribution in [-0.4, -0.2) is 35.9 Å². The Morgan fingerprint density at radius 2 is 1.83 bits per heavy atom. The van der Waals surface area contributed by atoms with Crippen molar-refractivity contribution in [1.82, 2.24) is 10.3 Å². The zero-order valence-corrected chi connectivity index (χ0v) is 24.8. The number of ketones is 1. The van der Waals surface area contributed by atoms with E-state index in [0.717, 1.165) is 19.2 Å². The molecule has 0 bridgehead atoms. The number of pyridine rings is 1. The van der Waals surface area contributed by atoms with Crippen molar-refractivity contribution in [3.8, 4) is 6.07 Å². The summed E-state index contributed by atoms with van der Waals surface area (Å²) in [6.45, 7) is 5.72. The van der Waals surface area contributed by atoms with Gasteiger partial charge in [-0.05, 0) is 47.2 Å². The van der Waals surface area contributed by atoms with Crippen molar-refractivity contribution in [2.45, 2.75) is 57.0 Å². The van der Waals surface area contributed by atoms with Crippen molar-refractivity contribution in [1.29, 1.82) is 5.26 Å². The number of nitriles is 1. The predicted molar refractivity (Wildman–Crippen MR) is 152 cm³/mol. The van der Waals surface area contributed by atoms with Crippen LogP contribution in [0.5, 0.6) is 0 Å². The Morgan fingerprint density at radius 1 is 1.12 bits per heavy atom. The molecule has 0 amide bonds. The van der Waals surface area contributed by atoms with Gasteiger partial charge in [-0.2, -0.15) is 5.26 Å². The molecule has 4 atom stereocenters. The largest absolute Gasteiger partial charge is 0.465 e. The zero-order chi connectivity index (χ0) is 31.0. The molecule has 6 nitrogen and oxygen atoms in total. The van der Waals surface area contributed by atoms with Crippen LogP contribution in [0.4, 0.5) is 13.2 Å². The van der Waals surface area contributed by atoms with Gasteiger partial charge in [0.25, 0.3) is 0 Å². The maximum absolute atomic E-state index is 15.7. The summed E-state index contributed by atoms with van der Waals surface area (Å²) in [5, 5.41) is 13.8. The highest BCUT2D eigenvalue weighted by Crippen LogP contribution is 2.52. The van der Waals surface area contributed by atoms with Gasteiger partial charge >= 0.3 is 5.97 Å². The summed E-state index contributed by atoms with van der Waals surface area (Å²) in [5.41, 5.74) is -2.80. The second-order valence-electron chi connectivity index (χ2n) is 11.5. The molecule has 2 aromatic carbocycles. The monoisotopic (exact) mass is 617 g/mol. The van der Waals surface area contributed by atoms with Crippen molar-refractivity contribution < 1.29 is 27.5 Å². The van der Waals surface area contributed by atoms with Crippen molar-refractivity contribution in [3.63, 3.8) is 0 Å². The smallest absolute Gasteiger partial charge is 0.337 e. The molecule has 1 N–H and O–H groups in total. The molecule has 1 saturated heterocycles. The molecular weight excluding hydrogens is 590 g/mol. The molecule has 1 aromatic heterocycles. The summed E-state index contributed by atoms with van der Waals surface area (Å²) in [6.07, 6.45) is 0.977. The average Bonchev–Trinajstić information content (AvgIpc) is 3.23. The number of nitrogens with one attached hydrogen (secondary N) is 1. The number of methoxy groups -OCH3 is 1. The fourth-order valence-electron chi connectivity index (χ4n) is 5.69. The lowest BCUT2D eigenvalue weighted by Crippen LogP contribution is -2.45. The van der Waals surface area contributed by atoms with E-state index in [1.54, 1.807) is 0 Å². The van der Waals surface area contributed by atoms with E-state index in [9.17, 15) is 14.9 Å². The standard InChI is InChI=1S/C31H28Cl2F3N3O3/c1-30(2,3)13-24-31(15-37,28-22(35)12-18(32)14-38-28)25(19-6-5-7-20(33)26(19)36)27(39-24)23(40)11-16-8-9-17(10-21(16)34)29(41)42-4/h5-10,12,14,24-25,27,39H,11,13H2,1-4H3/t24-,25-,27-,31-/m0/s1. The lowest BCUT2D eigenvalue weighted by Gasteiger charge is -2.36. The highest BCUT2D eigenvalue weighted by molar-refractivity contribution is 6.31. The fourth-order valence-corrected chi connectivity index (χ4v) is 6.01. The first-order valence-electron chi connectivity index (χ1n) is 13.1. The summed E-state index contributed by atoms with van der Waals surface area (Å²) < 4.78 is 51.0. The Kier molecular flexibility index (Phi) is 9.02. The molecule has 0 unspecified atom stereocenters. The number of hydrogen-bond acceptors (Lipinski definition) is 6. The Labute approximate surface area is 251 Å². The van der Waals surface area contributed by atoms with Crippen LogP contribution >= 0.6 is 23.2 Å². The van der Waals surface area contributed by atoms with Crippen LogP contribution in [0.3, 0.4) is 0 Å². The van der Waals surface area contributed by atoms with Crippen molar-refractivity contribution >= 4 is 35.0 Å². The molecule has 220 valence electrons. The second kappa shape index (κ2) is 12.0. The number of halogens is 5. The number of rotatable bonds is 7. The molecule has 42 heavy (non-hydrogen) atoms. The van der Waals surface area contributed by atoms with Crippen LogP contribution in [0, 0.1) is 34.2 Å². The Balaban J connectivity index is 1.92. The van der Waals surface area contributed by atoms with Crippen LogP contribution in [0.15, 0.2) is 48.7 Å². The van der Waals surface area contributed by atoms with E-state index < -0.39 is 64.5 Å². The van der Waals surface area contributed by atoms with Crippen LogP contribution < -0.4 is 5.32 Å². The molecule has 0 aliphatic carbocycles. The number of esters is 1. The number of hydrogen-bond donors (Lipinski definition) is 1. The number of ether oxygens (including phenoxy) is 1. The third-order valence-electron chi connectivity index (χ3n) is 7.46. The average molecular weight is 618 g/mol. The summed E-state index contributed by atoms with van der Waals surface area (Å²) in [6, 6.07) is 8.80. The lowest BCUT2D eigenvalue weighted by molar-refractivity contribution is -0.120. The van der Waals surface area contributed by atoms with E-state index in [0.29, 0.717) is 0 Å². The van der Waals surface area contributed by atoms with Gasteiger partial charge in [-0.3, -0.25) is 9.78 Å². The van der Waals surface area contributed by atoms with Crippen LogP contribution in [0.2, 0.25) is 10.0 Å². The highest BCUT2D eigenvalue weighted by Gasteiger charge is 2.61. The first-order chi connectivity index (χ1) is 19.7. The molecule has 11 heteroatoms. The van der Waals surface area contributed by atoms with Gasteiger partial charge in [-0.1, -0.05) is 62.2 Å². The van der Waals surface area contributed by atoms with Gasteiger partial charge in [0.15, 0.2) is 5.78 Å². The second-order valence-corrected chi connectivity index (χ2v) is 12.3. The van der Waals surface area contributed by atoms with Gasteiger partial charge in [-0.25, -0.2) is 18.0 Å². The van der Waals surface area contributed by atoms with Crippen molar-refractivity contribution in [3.05, 3.63) is 98.5 Å². The molecule has 1 aliphatic heterocycles. The minimum absolute atomic E-state index is 0.00773. The van der Waals surface area contributed by atoms with Gasteiger partial charge in [0.2, 0.25) is 0 Å². The van der Waals surface area contributed by atoms with Crippen molar-refractivity contribution in [2.24, 2.45) is 5.41 Å². The molecule has 0 radical (unpaired) electrons. The SMILES string of the molecule is COC(=O)c1ccc(CC(=O)[C@@H]2N[C@@H](CC(C)(C)C)[C@](C#N)(c3ncc(Cl)cc3F)[C@H]2c2cccc(Cl)c2F)c(F)c1. The first-order valence-corrected chi connectivity index (χ1v) is 13.8. The van der Waals surface area contributed by atoms with E-state index in [1.807, 2.05) is 20.8 Å². The number of carbonyl (C=O) groups is 2. The summed E-state index contributed by atoms with van der Waals surface area (Å²) in [4.78, 5) is 30.0. The van der Waals surface area contributed by atoms with E-state index in [4.69, 9.17) is 23.2 Å².